The van der Waals surface area contributed by atoms with Gasteiger partial charge in [-0.15, -0.1) is 0 Å². The van der Waals surface area contributed by atoms with Crippen LogP contribution in [0.1, 0.15) is 25.7 Å². The van der Waals surface area contributed by atoms with Crippen LogP contribution in [0.25, 0.3) is 0 Å². The summed E-state index contributed by atoms with van der Waals surface area (Å²) in [5, 5.41) is 0. The molecule has 1 amide bonds. The monoisotopic (exact) mass is 156 g/mol. The fraction of sp³-hybridized carbons (Fsp3) is 0.875. The Labute approximate surface area is 67.1 Å². The minimum Gasteiger partial charge on any atom is -0.369 e. The minimum atomic E-state index is -0.223. The molecule has 1 fully saturated rings. The van der Waals surface area contributed by atoms with Crippen molar-refractivity contribution in [2.45, 2.75) is 25.7 Å². The van der Waals surface area contributed by atoms with Gasteiger partial charge in [0.05, 0.1) is 5.92 Å². The van der Waals surface area contributed by atoms with E-state index in [0.29, 0.717) is 12.5 Å². The van der Waals surface area contributed by atoms with Crippen molar-refractivity contribution in [3.63, 3.8) is 0 Å². The van der Waals surface area contributed by atoms with E-state index in [4.69, 9.17) is 11.5 Å². The van der Waals surface area contributed by atoms with Gasteiger partial charge in [-0.2, -0.15) is 0 Å². The third-order valence-electron chi connectivity index (χ3n) is 2.59. The molecule has 1 aliphatic rings. The summed E-state index contributed by atoms with van der Waals surface area (Å²) >= 11 is 0. The number of carbonyl (C=O) groups is 1. The first kappa shape index (κ1) is 8.53. The molecule has 0 aliphatic heterocycles. The Bertz CT molecular complexity index is 141. The molecule has 0 spiro atoms. The first-order valence-electron chi connectivity index (χ1n) is 4.25. The minimum absolute atomic E-state index is 0.0718. The van der Waals surface area contributed by atoms with Crippen LogP contribution in [0.3, 0.4) is 0 Å². The number of hydrogen-bond acceptors (Lipinski definition) is 2. The molecule has 0 radical (unpaired) electrons. The molecule has 1 atom stereocenters. The van der Waals surface area contributed by atoms with Gasteiger partial charge in [-0.1, -0.05) is 12.8 Å². The summed E-state index contributed by atoms with van der Waals surface area (Å²) in [5.74, 6) is 0.175. The van der Waals surface area contributed by atoms with E-state index >= 15 is 0 Å². The number of carbonyl (C=O) groups excluding carboxylic acids is 1. The summed E-state index contributed by atoms with van der Waals surface area (Å²) in [6.45, 7) is 0.417. The molecule has 1 rings (SSSR count). The third kappa shape index (κ3) is 1.93. The predicted molar refractivity (Wildman–Crippen MR) is 43.7 cm³/mol. The van der Waals surface area contributed by atoms with Gasteiger partial charge in [0.25, 0.3) is 0 Å². The smallest absolute Gasteiger partial charge is 0.222 e. The first-order chi connectivity index (χ1) is 5.25. The van der Waals surface area contributed by atoms with E-state index in [1.165, 1.54) is 12.8 Å². The molecule has 1 saturated carbocycles. The van der Waals surface area contributed by atoms with Crippen LogP contribution < -0.4 is 11.5 Å². The van der Waals surface area contributed by atoms with Crippen LogP contribution in [0.2, 0.25) is 0 Å². The summed E-state index contributed by atoms with van der Waals surface area (Å²) < 4.78 is 0. The molecule has 0 bridgehead atoms. The summed E-state index contributed by atoms with van der Waals surface area (Å²) in [6, 6.07) is 0. The van der Waals surface area contributed by atoms with E-state index in [2.05, 4.69) is 0 Å². The molecule has 0 heterocycles. The van der Waals surface area contributed by atoms with Crippen LogP contribution in [0.15, 0.2) is 0 Å². The average Bonchev–Trinajstić information content (AvgIpc) is 2.40. The van der Waals surface area contributed by atoms with E-state index in [1.54, 1.807) is 0 Å². The molecular weight excluding hydrogens is 140 g/mol. The van der Waals surface area contributed by atoms with Crippen molar-refractivity contribution in [2.24, 2.45) is 23.3 Å². The summed E-state index contributed by atoms with van der Waals surface area (Å²) in [5.41, 5.74) is 10.7. The quantitative estimate of drug-likeness (QED) is 0.614. The molecular formula is C8H16N2O. The zero-order valence-corrected chi connectivity index (χ0v) is 6.75. The highest BCUT2D eigenvalue weighted by Gasteiger charge is 2.27. The lowest BCUT2D eigenvalue weighted by Crippen LogP contribution is -2.34. The van der Waals surface area contributed by atoms with Crippen LogP contribution in [0, 0.1) is 11.8 Å². The fourth-order valence-electron chi connectivity index (χ4n) is 1.90. The topological polar surface area (TPSA) is 69.1 Å². The summed E-state index contributed by atoms with van der Waals surface area (Å²) in [4.78, 5) is 10.9. The van der Waals surface area contributed by atoms with Gasteiger partial charge in [0.15, 0.2) is 0 Å². The molecule has 4 N–H and O–H groups in total. The standard InChI is InChI=1S/C8H16N2O/c9-5-7(8(10)11)6-3-1-2-4-6/h6-7H,1-5,9H2,(H2,10,11). The number of amides is 1. The van der Waals surface area contributed by atoms with Crippen LogP contribution in [-0.4, -0.2) is 12.5 Å². The maximum atomic E-state index is 10.9. The molecule has 0 aromatic heterocycles. The Morgan fingerprint density at radius 1 is 1.45 bits per heavy atom. The predicted octanol–water partition coefficient (Wildman–Crippen LogP) is 0.237. The lowest BCUT2D eigenvalue weighted by molar-refractivity contribution is -0.123. The molecule has 11 heavy (non-hydrogen) atoms. The molecule has 0 saturated heterocycles. The zero-order chi connectivity index (χ0) is 8.27. The Morgan fingerprint density at radius 3 is 2.36 bits per heavy atom. The van der Waals surface area contributed by atoms with Crippen molar-refractivity contribution in [1.82, 2.24) is 0 Å². The lowest BCUT2D eigenvalue weighted by Gasteiger charge is -2.17. The second-order valence-corrected chi connectivity index (χ2v) is 3.29. The van der Waals surface area contributed by atoms with Crippen LogP contribution in [0.4, 0.5) is 0 Å². The number of hydrogen-bond donors (Lipinski definition) is 2. The molecule has 3 heteroatoms. The second-order valence-electron chi connectivity index (χ2n) is 3.29. The molecule has 3 nitrogen and oxygen atoms in total. The van der Waals surface area contributed by atoms with Gasteiger partial charge < -0.3 is 11.5 Å². The summed E-state index contributed by atoms with van der Waals surface area (Å²) in [7, 11) is 0. The van der Waals surface area contributed by atoms with E-state index in [9.17, 15) is 4.79 Å². The van der Waals surface area contributed by atoms with Gasteiger partial charge >= 0.3 is 0 Å². The lowest BCUT2D eigenvalue weighted by atomic mass is 9.90. The van der Waals surface area contributed by atoms with Gasteiger partial charge in [0, 0.05) is 6.54 Å². The molecule has 64 valence electrons. The number of nitrogens with two attached hydrogens (primary N) is 2. The third-order valence-corrected chi connectivity index (χ3v) is 2.59. The van der Waals surface area contributed by atoms with Gasteiger partial charge in [0.2, 0.25) is 5.91 Å². The Morgan fingerprint density at radius 2 is 2.00 bits per heavy atom. The van der Waals surface area contributed by atoms with E-state index in [0.717, 1.165) is 12.8 Å². The van der Waals surface area contributed by atoms with Crippen LogP contribution in [-0.2, 0) is 4.79 Å². The maximum Gasteiger partial charge on any atom is 0.222 e. The van der Waals surface area contributed by atoms with Crippen molar-refractivity contribution in [1.29, 1.82) is 0 Å². The number of rotatable bonds is 3. The van der Waals surface area contributed by atoms with Crippen LogP contribution >= 0.6 is 0 Å². The summed E-state index contributed by atoms with van der Waals surface area (Å²) in [6.07, 6.45) is 4.72. The fourth-order valence-corrected chi connectivity index (χ4v) is 1.90. The highest BCUT2D eigenvalue weighted by atomic mass is 16.1. The van der Waals surface area contributed by atoms with Gasteiger partial charge in [0.1, 0.15) is 0 Å². The SMILES string of the molecule is NCC(C(N)=O)C1CCCC1. The van der Waals surface area contributed by atoms with Crippen molar-refractivity contribution in [2.75, 3.05) is 6.54 Å². The first-order valence-corrected chi connectivity index (χ1v) is 4.25. The molecule has 1 aliphatic carbocycles. The highest BCUT2D eigenvalue weighted by molar-refractivity contribution is 5.77. The van der Waals surface area contributed by atoms with Crippen molar-refractivity contribution in [3.8, 4) is 0 Å². The Hall–Kier alpha value is -0.570. The number of primary amides is 1. The highest BCUT2D eigenvalue weighted by Crippen LogP contribution is 2.30. The van der Waals surface area contributed by atoms with Gasteiger partial charge in [-0.05, 0) is 18.8 Å². The molecule has 0 aromatic carbocycles. The zero-order valence-electron chi connectivity index (χ0n) is 6.75. The van der Waals surface area contributed by atoms with Crippen LogP contribution in [0.5, 0.6) is 0 Å². The normalized spacial score (nSPS) is 21.9. The van der Waals surface area contributed by atoms with Gasteiger partial charge in [-0.3, -0.25) is 4.79 Å². The Balaban J connectivity index is 2.46. The van der Waals surface area contributed by atoms with E-state index in [-0.39, 0.29) is 11.8 Å². The molecule has 1 unspecified atom stereocenters. The average molecular weight is 156 g/mol. The van der Waals surface area contributed by atoms with Crippen molar-refractivity contribution < 1.29 is 4.79 Å². The second kappa shape index (κ2) is 3.72. The van der Waals surface area contributed by atoms with E-state index in [1.807, 2.05) is 0 Å². The van der Waals surface area contributed by atoms with Crippen molar-refractivity contribution >= 4 is 5.91 Å². The van der Waals surface area contributed by atoms with Gasteiger partial charge in [-0.25, -0.2) is 0 Å². The van der Waals surface area contributed by atoms with Crippen molar-refractivity contribution in [3.05, 3.63) is 0 Å². The largest absolute Gasteiger partial charge is 0.369 e. The van der Waals surface area contributed by atoms with E-state index < -0.39 is 0 Å². The maximum absolute atomic E-state index is 10.9. The molecule has 0 aromatic rings. The Kier molecular flexibility index (Phi) is 2.88.